The number of amides is 2. The summed E-state index contributed by atoms with van der Waals surface area (Å²) in [6.45, 7) is -0.233. The minimum atomic E-state index is -0.374. The first-order valence-corrected chi connectivity index (χ1v) is 9.49. The van der Waals surface area contributed by atoms with E-state index in [1.165, 1.54) is 12.3 Å². The molecule has 0 bridgehead atoms. The molecule has 2 N–H and O–H groups in total. The van der Waals surface area contributed by atoms with Gasteiger partial charge in [0.1, 0.15) is 11.3 Å². The summed E-state index contributed by atoms with van der Waals surface area (Å²) in [5.74, 6) is -0.211. The molecule has 1 aromatic heterocycles. The highest BCUT2D eigenvalue weighted by atomic mass is 16.5. The number of ether oxygens (including phenoxy) is 1. The van der Waals surface area contributed by atoms with E-state index in [9.17, 15) is 14.4 Å². The summed E-state index contributed by atoms with van der Waals surface area (Å²) in [5, 5.41) is 5.96. The summed E-state index contributed by atoms with van der Waals surface area (Å²) >= 11 is 0. The van der Waals surface area contributed by atoms with Crippen molar-refractivity contribution in [2.75, 3.05) is 17.2 Å². The Labute approximate surface area is 177 Å². The Morgan fingerprint density at radius 1 is 0.839 bits per heavy atom. The number of hydrogen-bond donors (Lipinski definition) is 2. The van der Waals surface area contributed by atoms with Crippen LogP contribution in [0.3, 0.4) is 0 Å². The van der Waals surface area contributed by atoms with Gasteiger partial charge in [0.15, 0.2) is 12.0 Å². The largest absolute Gasteiger partial charge is 0.484 e. The topological polar surface area (TPSA) is 97.6 Å². The Hall–Kier alpha value is -4.39. The number of rotatable bonds is 6. The first-order valence-electron chi connectivity index (χ1n) is 9.49. The van der Waals surface area contributed by atoms with Crippen LogP contribution in [0, 0.1) is 0 Å². The minimum absolute atomic E-state index is 0.148. The zero-order valence-corrected chi connectivity index (χ0v) is 16.3. The maximum absolute atomic E-state index is 12.3. The lowest BCUT2D eigenvalue weighted by molar-refractivity contribution is -0.118. The molecule has 0 aliphatic heterocycles. The Bertz CT molecular complexity index is 1300. The number of nitrogens with one attached hydrogen (secondary N) is 2. The van der Waals surface area contributed by atoms with Crippen molar-refractivity contribution >= 4 is 34.2 Å². The fourth-order valence-corrected chi connectivity index (χ4v) is 2.97. The van der Waals surface area contributed by atoms with Gasteiger partial charge in [-0.1, -0.05) is 24.3 Å². The molecule has 0 saturated carbocycles. The molecule has 0 aliphatic carbocycles. The third-order valence-electron chi connectivity index (χ3n) is 4.44. The van der Waals surface area contributed by atoms with Gasteiger partial charge >= 0.3 is 0 Å². The highest BCUT2D eigenvalue weighted by Crippen LogP contribution is 2.19. The van der Waals surface area contributed by atoms with E-state index in [2.05, 4.69) is 10.6 Å². The van der Waals surface area contributed by atoms with Crippen molar-refractivity contribution in [3.63, 3.8) is 0 Å². The molecule has 31 heavy (non-hydrogen) atoms. The maximum Gasteiger partial charge on any atom is 0.262 e. The van der Waals surface area contributed by atoms with Gasteiger partial charge in [0.25, 0.3) is 11.8 Å². The van der Waals surface area contributed by atoms with E-state index in [1.54, 1.807) is 66.7 Å². The van der Waals surface area contributed by atoms with E-state index in [0.29, 0.717) is 33.7 Å². The van der Waals surface area contributed by atoms with Crippen LogP contribution in [0.15, 0.2) is 94.3 Å². The summed E-state index contributed by atoms with van der Waals surface area (Å²) in [5.41, 5.74) is 1.84. The maximum atomic E-state index is 12.3. The molecule has 1 heterocycles. The fourth-order valence-electron chi connectivity index (χ4n) is 2.97. The van der Waals surface area contributed by atoms with Crippen molar-refractivity contribution in [2.45, 2.75) is 0 Å². The smallest absolute Gasteiger partial charge is 0.262 e. The predicted octanol–water partition coefficient (Wildman–Crippen LogP) is 4.06. The van der Waals surface area contributed by atoms with Crippen LogP contribution in [-0.4, -0.2) is 18.4 Å². The van der Waals surface area contributed by atoms with E-state index in [-0.39, 0.29) is 23.9 Å². The first kappa shape index (κ1) is 19.9. The van der Waals surface area contributed by atoms with Crippen LogP contribution >= 0.6 is 0 Å². The number of benzene rings is 3. The van der Waals surface area contributed by atoms with Crippen LogP contribution in [0.1, 0.15) is 10.4 Å². The minimum Gasteiger partial charge on any atom is -0.484 e. The molecule has 0 aliphatic rings. The molecule has 0 fully saturated rings. The highest BCUT2D eigenvalue weighted by molar-refractivity contribution is 6.04. The number of anilines is 2. The lowest BCUT2D eigenvalue weighted by atomic mass is 10.2. The second kappa shape index (κ2) is 8.96. The van der Waals surface area contributed by atoms with Gasteiger partial charge in [-0.2, -0.15) is 0 Å². The predicted molar refractivity (Wildman–Crippen MR) is 117 cm³/mol. The first-order chi connectivity index (χ1) is 15.1. The van der Waals surface area contributed by atoms with Crippen LogP contribution in [0.25, 0.3) is 11.0 Å². The Kier molecular flexibility index (Phi) is 5.75. The van der Waals surface area contributed by atoms with Crippen LogP contribution in [0.4, 0.5) is 11.4 Å². The van der Waals surface area contributed by atoms with Gasteiger partial charge in [-0.25, -0.2) is 0 Å². The monoisotopic (exact) mass is 414 g/mol. The molecular formula is C24H18N2O5. The van der Waals surface area contributed by atoms with E-state index < -0.39 is 0 Å². The average molecular weight is 414 g/mol. The average Bonchev–Trinajstić information content (AvgIpc) is 2.78. The number of fused-ring (bicyclic) bond motifs is 1. The molecule has 0 unspecified atom stereocenters. The standard InChI is InChI=1S/C24H18N2O5/c27-21-11-12-30-22-14-19(9-10-20(21)22)31-15-23(28)25-17-7-4-8-18(13-17)26-24(29)16-5-2-1-3-6-16/h1-14H,15H2,(H,25,28)(H,26,29). The SMILES string of the molecule is O=C(COc1ccc2c(=O)ccoc2c1)Nc1cccc(NC(=O)c2ccccc2)c1. The lowest BCUT2D eigenvalue weighted by Crippen LogP contribution is -2.20. The van der Waals surface area contributed by atoms with Gasteiger partial charge in [-0.05, 0) is 42.5 Å². The Balaban J connectivity index is 1.36. The van der Waals surface area contributed by atoms with Crippen LogP contribution in [0.2, 0.25) is 0 Å². The molecule has 154 valence electrons. The highest BCUT2D eigenvalue weighted by Gasteiger charge is 2.09. The van der Waals surface area contributed by atoms with Crippen molar-refractivity contribution in [3.05, 3.63) is 101 Å². The lowest BCUT2D eigenvalue weighted by Gasteiger charge is -2.10. The summed E-state index contributed by atoms with van der Waals surface area (Å²) < 4.78 is 10.8. The van der Waals surface area contributed by atoms with Gasteiger partial charge in [-0.3, -0.25) is 14.4 Å². The normalized spacial score (nSPS) is 10.5. The van der Waals surface area contributed by atoms with Crippen molar-refractivity contribution in [1.29, 1.82) is 0 Å². The Morgan fingerprint density at radius 2 is 1.61 bits per heavy atom. The summed E-state index contributed by atoms with van der Waals surface area (Å²) in [7, 11) is 0. The van der Waals surface area contributed by atoms with E-state index in [0.717, 1.165) is 0 Å². The van der Waals surface area contributed by atoms with Gasteiger partial charge in [0.05, 0.1) is 11.6 Å². The second-order valence-corrected chi connectivity index (χ2v) is 6.68. The van der Waals surface area contributed by atoms with E-state index in [4.69, 9.17) is 9.15 Å². The molecule has 7 heteroatoms. The Morgan fingerprint density at radius 3 is 2.42 bits per heavy atom. The van der Waals surface area contributed by atoms with Crippen molar-refractivity contribution < 1.29 is 18.7 Å². The van der Waals surface area contributed by atoms with Gasteiger partial charge in [0, 0.05) is 29.1 Å². The molecule has 2 amide bonds. The summed E-state index contributed by atoms with van der Waals surface area (Å²) in [4.78, 5) is 36.3. The zero-order chi connectivity index (χ0) is 21.6. The summed E-state index contributed by atoms with van der Waals surface area (Å²) in [6, 6.07) is 21.8. The molecular weight excluding hydrogens is 396 g/mol. The number of hydrogen-bond acceptors (Lipinski definition) is 5. The van der Waals surface area contributed by atoms with Gasteiger partial charge in [0.2, 0.25) is 0 Å². The van der Waals surface area contributed by atoms with Gasteiger partial charge < -0.3 is 19.8 Å². The van der Waals surface area contributed by atoms with E-state index in [1.807, 2.05) is 6.07 Å². The number of carbonyl (C=O) groups is 2. The summed E-state index contributed by atoms with van der Waals surface area (Å²) in [6.07, 6.45) is 1.31. The van der Waals surface area contributed by atoms with E-state index >= 15 is 0 Å². The molecule has 0 atom stereocenters. The molecule has 0 radical (unpaired) electrons. The third-order valence-corrected chi connectivity index (χ3v) is 4.44. The molecule has 0 saturated heterocycles. The second-order valence-electron chi connectivity index (χ2n) is 6.68. The van der Waals surface area contributed by atoms with Crippen molar-refractivity contribution in [3.8, 4) is 5.75 Å². The van der Waals surface area contributed by atoms with Crippen LogP contribution in [0.5, 0.6) is 5.75 Å². The molecule has 4 aromatic rings. The third kappa shape index (κ3) is 4.97. The van der Waals surface area contributed by atoms with Crippen molar-refractivity contribution in [2.24, 2.45) is 0 Å². The quantitative estimate of drug-likeness (QED) is 0.496. The molecule has 7 nitrogen and oxygen atoms in total. The van der Waals surface area contributed by atoms with Crippen LogP contribution < -0.4 is 20.8 Å². The fraction of sp³-hybridized carbons (Fsp3) is 0.0417. The zero-order valence-electron chi connectivity index (χ0n) is 16.3. The number of carbonyl (C=O) groups excluding carboxylic acids is 2. The molecule has 0 spiro atoms. The molecule has 3 aromatic carbocycles. The van der Waals surface area contributed by atoms with Crippen molar-refractivity contribution in [1.82, 2.24) is 0 Å². The molecule has 4 rings (SSSR count). The van der Waals surface area contributed by atoms with Crippen LogP contribution in [-0.2, 0) is 4.79 Å². The van der Waals surface area contributed by atoms with Gasteiger partial charge in [-0.15, -0.1) is 0 Å².